The number of aromatic nitrogens is 1. The Hall–Kier alpha value is -1.48. The number of rotatable bonds is 1. The summed E-state index contributed by atoms with van der Waals surface area (Å²) < 4.78 is 0. The monoisotopic (exact) mass is 223 g/mol. The SMILES string of the molecule is Cc1cc(C)c2c(C(=O)O)c(Cl)[nH]c2c1. The molecule has 0 spiro atoms. The predicted octanol–water partition coefficient (Wildman–Crippen LogP) is 3.14. The van der Waals surface area contributed by atoms with E-state index in [1.54, 1.807) is 0 Å². The summed E-state index contributed by atoms with van der Waals surface area (Å²) in [4.78, 5) is 13.9. The van der Waals surface area contributed by atoms with Crippen molar-refractivity contribution in [2.24, 2.45) is 0 Å². The van der Waals surface area contributed by atoms with E-state index in [4.69, 9.17) is 16.7 Å². The molecule has 2 aromatic rings. The fourth-order valence-electron chi connectivity index (χ4n) is 1.89. The first-order valence-electron chi connectivity index (χ1n) is 4.52. The minimum absolute atomic E-state index is 0.157. The molecule has 1 aromatic carbocycles. The summed E-state index contributed by atoms with van der Waals surface area (Å²) >= 11 is 5.85. The number of aryl methyl sites for hydroxylation is 2. The quantitative estimate of drug-likeness (QED) is 0.780. The largest absolute Gasteiger partial charge is 0.478 e. The number of benzene rings is 1. The first-order chi connectivity index (χ1) is 7.00. The third-order valence-electron chi connectivity index (χ3n) is 2.41. The third kappa shape index (κ3) is 1.49. The van der Waals surface area contributed by atoms with Crippen LogP contribution in [0.5, 0.6) is 0 Å². The van der Waals surface area contributed by atoms with E-state index < -0.39 is 5.97 Å². The number of carboxylic acid groups (broad SMARTS) is 1. The molecular formula is C11H10ClNO2. The van der Waals surface area contributed by atoms with Gasteiger partial charge in [-0.3, -0.25) is 0 Å². The summed E-state index contributed by atoms with van der Waals surface area (Å²) in [6.45, 7) is 3.84. The van der Waals surface area contributed by atoms with E-state index in [9.17, 15) is 4.79 Å². The summed E-state index contributed by atoms with van der Waals surface area (Å²) in [5.74, 6) is -1.00. The number of halogens is 1. The number of hydrogen-bond donors (Lipinski definition) is 2. The molecule has 4 heteroatoms. The number of hydrogen-bond acceptors (Lipinski definition) is 1. The lowest BCUT2D eigenvalue weighted by atomic mass is 10.0. The zero-order chi connectivity index (χ0) is 11.2. The van der Waals surface area contributed by atoms with Crippen molar-refractivity contribution in [2.75, 3.05) is 0 Å². The number of carbonyl (C=O) groups is 1. The molecule has 0 aliphatic carbocycles. The summed E-state index contributed by atoms with van der Waals surface area (Å²) in [5, 5.41) is 9.92. The van der Waals surface area contributed by atoms with Gasteiger partial charge in [0.2, 0.25) is 0 Å². The van der Waals surface area contributed by atoms with Crippen LogP contribution in [0.25, 0.3) is 10.9 Å². The summed E-state index contributed by atoms with van der Waals surface area (Å²) in [7, 11) is 0. The number of nitrogens with one attached hydrogen (secondary N) is 1. The van der Waals surface area contributed by atoms with Crippen LogP contribution in [-0.4, -0.2) is 16.1 Å². The van der Waals surface area contributed by atoms with E-state index in [0.29, 0.717) is 5.39 Å². The Bertz CT molecular complexity index is 557. The van der Waals surface area contributed by atoms with Gasteiger partial charge in [0, 0.05) is 10.9 Å². The number of carboxylic acids is 1. The Morgan fingerprint density at radius 1 is 1.40 bits per heavy atom. The summed E-state index contributed by atoms with van der Waals surface area (Å²) in [6.07, 6.45) is 0. The van der Waals surface area contributed by atoms with Crippen LogP contribution in [0.2, 0.25) is 5.15 Å². The van der Waals surface area contributed by atoms with Crippen LogP contribution in [0.1, 0.15) is 21.5 Å². The van der Waals surface area contributed by atoms with Crippen molar-refractivity contribution in [3.8, 4) is 0 Å². The fourth-order valence-corrected chi connectivity index (χ4v) is 2.17. The second-order valence-corrected chi connectivity index (χ2v) is 4.00. The summed E-state index contributed by atoms with van der Waals surface area (Å²) in [6, 6.07) is 3.83. The Morgan fingerprint density at radius 3 is 2.67 bits per heavy atom. The van der Waals surface area contributed by atoms with Gasteiger partial charge >= 0.3 is 5.97 Å². The van der Waals surface area contributed by atoms with Gasteiger partial charge in [-0.15, -0.1) is 0 Å². The van der Waals surface area contributed by atoms with Crippen molar-refractivity contribution in [2.45, 2.75) is 13.8 Å². The molecule has 0 bridgehead atoms. The van der Waals surface area contributed by atoms with Crippen LogP contribution in [0.4, 0.5) is 0 Å². The molecule has 0 atom stereocenters. The number of fused-ring (bicyclic) bond motifs is 1. The van der Waals surface area contributed by atoms with Crippen molar-refractivity contribution in [1.29, 1.82) is 0 Å². The van der Waals surface area contributed by atoms with E-state index in [1.807, 2.05) is 26.0 Å². The maximum atomic E-state index is 11.0. The molecule has 0 saturated heterocycles. The first kappa shape index (κ1) is 10.1. The number of aromatic carboxylic acids is 1. The lowest BCUT2D eigenvalue weighted by Crippen LogP contribution is -1.96. The van der Waals surface area contributed by atoms with E-state index in [-0.39, 0.29) is 10.7 Å². The minimum atomic E-state index is -1.00. The Morgan fingerprint density at radius 2 is 2.07 bits per heavy atom. The van der Waals surface area contributed by atoms with E-state index in [1.165, 1.54) is 0 Å². The van der Waals surface area contributed by atoms with E-state index in [0.717, 1.165) is 16.6 Å². The Balaban J connectivity index is 2.93. The van der Waals surface area contributed by atoms with Crippen molar-refractivity contribution in [3.05, 3.63) is 34.0 Å². The molecule has 0 aliphatic rings. The van der Waals surface area contributed by atoms with Gasteiger partial charge in [0.25, 0.3) is 0 Å². The van der Waals surface area contributed by atoms with Gasteiger partial charge in [0.05, 0.1) is 0 Å². The van der Waals surface area contributed by atoms with Crippen LogP contribution >= 0.6 is 11.6 Å². The van der Waals surface area contributed by atoms with Crippen molar-refractivity contribution in [1.82, 2.24) is 4.98 Å². The molecule has 78 valence electrons. The van der Waals surface area contributed by atoms with Crippen LogP contribution in [-0.2, 0) is 0 Å². The molecule has 15 heavy (non-hydrogen) atoms. The minimum Gasteiger partial charge on any atom is -0.478 e. The average molecular weight is 224 g/mol. The molecule has 2 rings (SSSR count). The van der Waals surface area contributed by atoms with Gasteiger partial charge in [-0.1, -0.05) is 17.7 Å². The second kappa shape index (κ2) is 3.28. The van der Waals surface area contributed by atoms with Crippen LogP contribution < -0.4 is 0 Å². The van der Waals surface area contributed by atoms with Gasteiger partial charge in [0.15, 0.2) is 0 Å². The molecule has 3 nitrogen and oxygen atoms in total. The Labute approximate surface area is 91.7 Å². The first-order valence-corrected chi connectivity index (χ1v) is 4.90. The highest BCUT2D eigenvalue weighted by atomic mass is 35.5. The highest BCUT2D eigenvalue weighted by Crippen LogP contribution is 2.29. The number of aromatic amines is 1. The second-order valence-electron chi connectivity index (χ2n) is 3.62. The molecule has 1 heterocycles. The molecule has 1 aromatic heterocycles. The van der Waals surface area contributed by atoms with Gasteiger partial charge in [-0.25, -0.2) is 4.79 Å². The third-order valence-corrected chi connectivity index (χ3v) is 2.69. The molecule has 0 saturated carbocycles. The predicted molar refractivity (Wildman–Crippen MR) is 59.7 cm³/mol. The molecular weight excluding hydrogens is 214 g/mol. The molecule has 0 fully saturated rings. The maximum absolute atomic E-state index is 11.0. The average Bonchev–Trinajstić information content (AvgIpc) is 2.40. The molecule has 2 N–H and O–H groups in total. The van der Waals surface area contributed by atoms with E-state index >= 15 is 0 Å². The van der Waals surface area contributed by atoms with Crippen molar-refractivity contribution < 1.29 is 9.90 Å². The lowest BCUT2D eigenvalue weighted by molar-refractivity contribution is 0.0699. The van der Waals surface area contributed by atoms with Crippen molar-refractivity contribution >= 4 is 28.5 Å². The zero-order valence-corrected chi connectivity index (χ0v) is 9.14. The van der Waals surface area contributed by atoms with E-state index in [2.05, 4.69) is 4.98 Å². The van der Waals surface area contributed by atoms with Gasteiger partial charge < -0.3 is 10.1 Å². The zero-order valence-electron chi connectivity index (χ0n) is 8.39. The van der Waals surface area contributed by atoms with Crippen LogP contribution in [0.15, 0.2) is 12.1 Å². The molecule has 0 aliphatic heterocycles. The highest BCUT2D eigenvalue weighted by molar-refractivity contribution is 6.35. The fraction of sp³-hybridized carbons (Fsp3) is 0.182. The lowest BCUT2D eigenvalue weighted by Gasteiger charge is -2.00. The highest BCUT2D eigenvalue weighted by Gasteiger charge is 2.17. The van der Waals surface area contributed by atoms with Crippen molar-refractivity contribution in [3.63, 3.8) is 0 Å². The number of H-pyrrole nitrogens is 1. The Kier molecular flexibility index (Phi) is 2.20. The topological polar surface area (TPSA) is 53.1 Å². The molecule has 0 radical (unpaired) electrons. The van der Waals surface area contributed by atoms with Gasteiger partial charge in [0.1, 0.15) is 10.7 Å². The standard InChI is InChI=1S/C11H10ClNO2/c1-5-3-6(2)8-7(4-5)13-10(12)9(8)11(14)15/h3-4,13H,1-2H3,(H,14,15). The smallest absolute Gasteiger partial charge is 0.339 e. The normalized spacial score (nSPS) is 10.9. The molecule has 0 amide bonds. The molecule has 0 unspecified atom stereocenters. The maximum Gasteiger partial charge on any atom is 0.339 e. The van der Waals surface area contributed by atoms with Crippen LogP contribution in [0, 0.1) is 13.8 Å². The van der Waals surface area contributed by atoms with Crippen LogP contribution in [0.3, 0.4) is 0 Å². The van der Waals surface area contributed by atoms with Gasteiger partial charge in [-0.05, 0) is 31.0 Å². The van der Waals surface area contributed by atoms with Gasteiger partial charge in [-0.2, -0.15) is 0 Å². The summed E-state index contributed by atoms with van der Waals surface area (Å²) in [5.41, 5.74) is 2.93.